The van der Waals surface area contributed by atoms with Crippen LogP contribution in [0.2, 0.25) is 0 Å². The average molecular weight is 244 g/mol. The van der Waals surface area contributed by atoms with Crippen molar-refractivity contribution in [2.75, 3.05) is 31.9 Å². The fourth-order valence-corrected chi connectivity index (χ4v) is 3.48. The summed E-state index contributed by atoms with van der Waals surface area (Å²) in [7, 11) is 0. The topological polar surface area (TPSA) is 15.3 Å². The molecule has 0 aromatic heterocycles. The number of rotatable bonds is 7. The smallest absolute Gasteiger partial charge is 0.0172 e. The summed E-state index contributed by atoms with van der Waals surface area (Å²) in [4.78, 5) is 2.69. The van der Waals surface area contributed by atoms with Crippen LogP contribution in [0, 0.1) is 0 Å². The van der Waals surface area contributed by atoms with E-state index in [4.69, 9.17) is 0 Å². The van der Waals surface area contributed by atoms with E-state index in [-0.39, 0.29) is 0 Å². The Hall–Kier alpha value is 0.270. The van der Waals surface area contributed by atoms with Gasteiger partial charge in [-0.25, -0.2) is 0 Å². The molecule has 2 nitrogen and oxygen atoms in total. The molecule has 0 aromatic carbocycles. The average Bonchev–Trinajstić information content (AvgIpc) is 2.34. The summed E-state index contributed by atoms with van der Waals surface area (Å²) in [6.45, 7) is 11.8. The molecular weight excluding hydrogens is 216 g/mol. The van der Waals surface area contributed by atoms with Crippen LogP contribution in [-0.4, -0.2) is 48.1 Å². The van der Waals surface area contributed by atoms with Crippen molar-refractivity contribution in [2.45, 2.75) is 51.3 Å². The zero-order valence-corrected chi connectivity index (χ0v) is 12.0. The highest BCUT2D eigenvalue weighted by molar-refractivity contribution is 8.00. The SMILES string of the molecule is CCNCCCC(C)N1CCSC(CC)C1. The molecule has 1 saturated heterocycles. The number of nitrogens with one attached hydrogen (secondary N) is 1. The summed E-state index contributed by atoms with van der Waals surface area (Å²) in [6.07, 6.45) is 3.98. The van der Waals surface area contributed by atoms with Gasteiger partial charge in [-0.3, -0.25) is 4.90 Å². The highest BCUT2D eigenvalue weighted by Gasteiger charge is 2.22. The first-order valence-corrected chi connectivity index (χ1v) is 7.89. The lowest BCUT2D eigenvalue weighted by Gasteiger charge is -2.36. The normalized spacial score (nSPS) is 24.6. The second-order valence-corrected chi connectivity index (χ2v) is 6.15. The zero-order valence-electron chi connectivity index (χ0n) is 11.2. The summed E-state index contributed by atoms with van der Waals surface area (Å²) >= 11 is 2.16. The van der Waals surface area contributed by atoms with Crippen LogP contribution in [0.15, 0.2) is 0 Å². The third-order valence-electron chi connectivity index (χ3n) is 3.47. The molecular formula is C13H28N2S. The van der Waals surface area contributed by atoms with Gasteiger partial charge in [-0.2, -0.15) is 11.8 Å². The van der Waals surface area contributed by atoms with Gasteiger partial charge in [-0.15, -0.1) is 0 Å². The summed E-state index contributed by atoms with van der Waals surface area (Å²) < 4.78 is 0. The van der Waals surface area contributed by atoms with Gasteiger partial charge < -0.3 is 5.32 Å². The Bertz CT molecular complexity index is 175. The van der Waals surface area contributed by atoms with Crippen molar-refractivity contribution in [3.05, 3.63) is 0 Å². The molecule has 1 heterocycles. The predicted molar refractivity (Wildman–Crippen MR) is 75.3 cm³/mol. The van der Waals surface area contributed by atoms with Gasteiger partial charge in [0.2, 0.25) is 0 Å². The van der Waals surface area contributed by atoms with Crippen LogP contribution >= 0.6 is 11.8 Å². The minimum absolute atomic E-state index is 0.772. The zero-order chi connectivity index (χ0) is 11.8. The van der Waals surface area contributed by atoms with E-state index in [9.17, 15) is 0 Å². The van der Waals surface area contributed by atoms with Crippen molar-refractivity contribution in [3.8, 4) is 0 Å². The van der Waals surface area contributed by atoms with Crippen molar-refractivity contribution in [1.29, 1.82) is 0 Å². The first-order chi connectivity index (χ1) is 7.77. The molecule has 0 bridgehead atoms. The highest BCUT2D eigenvalue weighted by Crippen LogP contribution is 2.23. The van der Waals surface area contributed by atoms with Gasteiger partial charge in [0, 0.05) is 30.1 Å². The quantitative estimate of drug-likeness (QED) is 0.693. The largest absolute Gasteiger partial charge is 0.317 e. The van der Waals surface area contributed by atoms with E-state index in [1.54, 1.807) is 0 Å². The second kappa shape index (κ2) is 8.37. The van der Waals surface area contributed by atoms with Crippen molar-refractivity contribution in [3.63, 3.8) is 0 Å². The Morgan fingerprint density at radius 2 is 2.25 bits per heavy atom. The molecule has 0 radical (unpaired) electrons. The molecule has 1 N–H and O–H groups in total. The molecule has 2 unspecified atom stereocenters. The monoisotopic (exact) mass is 244 g/mol. The first-order valence-electron chi connectivity index (χ1n) is 6.84. The molecule has 1 fully saturated rings. The molecule has 3 heteroatoms. The van der Waals surface area contributed by atoms with E-state index in [1.807, 2.05) is 0 Å². The van der Waals surface area contributed by atoms with Gasteiger partial charge in [-0.05, 0) is 39.3 Å². The van der Waals surface area contributed by atoms with Gasteiger partial charge >= 0.3 is 0 Å². The number of hydrogen-bond acceptors (Lipinski definition) is 3. The first kappa shape index (κ1) is 14.3. The molecule has 0 spiro atoms. The molecule has 0 aromatic rings. The van der Waals surface area contributed by atoms with Gasteiger partial charge in [-0.1, -0.05) is 13.8 Å². The lowest BCUT2D eigenvalue weighted by atomic mass is 10.1. The third kappa shape index (κ3) is 5.07. The van der Waals surface area contributed by atoms with E-state index < -0.39 is 0 Å². The van der Waals surface area contributed by atoms with Crippen LogP contribution in [0.4, 0.5) is 0 Å². The standard InChI is InChI=1S/C13H28N2S/c1-4-13-11-15(9-10-16-13)12(3)7-6-8-14-5-2/h12-14H,4-11H2,1-3H3. The highest BCUT2D eigenvalue weighted by atomic mass is 32.2. The summed E-state index contributed by atoms with van der Waals surface area (Å²) in [5.74, 6) is 1.33. The van der Waals surface area contributed by atoms with Crippen LogP contribution in [0.25, 0.3) is 0 Å². The molecule has 1 rings (SSSR count). The molecule has 2 atom stereocenters. The lowest BCUT2D eigenvalue weighted by Crippen LogP contribution is -2.43. The van der Waals surface area contributed by atoms with Gasteiger partial charge in [0.15, 0.2) is 0 Å². The second-order valence-electron chi connectivity index (χ2n) is 4.74. The molecule has 96 valence electrons. The predicted octanol–water partition coefficient (Wildman–Crippen LogP) is 2.59. The fourth-order valence-electron chi connectivity index (χ4n) is 2.27. The van der Waals surface area contributed by atoms with Crippen molar-refractivity contribution in [2.24, 2.45) is 0 Å². The van der Waals surface area contributed by atoms with Gasteiger partial charge in [0.1, 0.15) is 0 Å². The van der Waals surface area contributed by atoms with E-state index in [2.05, 4.69) is 42.7 Å². The molecule has 1 aliphatic heterocycles. The Kier molecular flexibility index (Phi) is 7.50. The van der Waals surface area contributed by atoms with E-state index in [1.165, 1.54) is 44.6 Å². The minimum atomic E-state index is 0.772. The maximum Gasteiger partial charge on any atom is 0.0172 e. The minimum Gasteiger partial charge on any atom is -0.317 e. The Morgan fingerprint density at radius 3 is 2.94 bits per heavy atom. The molecule has 0 saturated carbocycles. The van der Waals surface area contributed by atoms with Crippen molar-refractivity contribution in [1.82, 2.24) is 10.2 Å². The number of hydrogen-bond donors (Lipinski definition) is 1. The van der Waals surface area contributed by atoms with Crippen LogP contribution in [0.3, 0.4) is 0 Å². The van der Waals surface area contributed by atoms with Crippen LogP contribution < -0.4 is 5.32 Å². The third-order valence-corrected chi connectivity index (χ3v) is 4.85. The van der Waals surface area contributed by atoms with Crippen LogP contribution in [0.1, 0.15) is 40.0 Å². The number of thioether (sulfide) groups is 1. The Labute approximate surface area is 106 Å². The maximum atomic E-state index is 3.40. The van der Waals surface area contributed by atoms with Crippen molar-refractivity contribution < 1.29 is 0 Å². The summed E-state index contributed by atoms with van der Waals surface area (Å²) in [5, 5.41) is 4.28. The van der Waals surface area contributed by atoms with Gasteiger partial charge in [0.25, 0.3) is 0 Å². The van der Waals surface area contributed by atoms with Crippen LogP contribution in [-0.2, 0) is 0 Å². The summed E-state index contributed by atoms with van der Waals surface area (Å²) in [5.41, 5.74) is 0. The van der Waals surface area contributed by atoms with E-state index in [0.29, 0.717) is 0 Å². The Morgan fingerprint density at radius 1 is 1.44 bits per heavy atom. The summed E-state index contributed by atoms with van der Waals surface area (Å²) in [6, 6.07) is 0.772. The Balaban J connectivity index is 2.16. The van der Waals surface area contributed by atoms with Crippen molar-refractivity contribution >= 4 is 11.8 Å². The van der Waals surface area contributed by atoms with E-state index in [0.717, 1.165) is 17.8 Å². The molecule has 0 amide bonds. The fraction of sp³-hybridized carbons (Fsp3) is 1.00. The lowest BCUT2D eigenvalue weighted by molar-refractivity contribution is 0.202. The van der Waals surface area contributed by atoms with E-state index >= 15 is 0 Å². The van der Waals surface area contributed by atoms with Crippen LogP contribution in [0.5, 0.6) is 0 Å². The molecule has 16 heavy (non-hydrogen) atoms. The maximum absolute atomic E-state index is 3.40. The molecule has 1 aliphatic rings. The molecule has 0 aliphatic carbocycles. The van der Waals surface area contributed by atoms with Gasteiger partial charge in [0.05, 0.1) is 0 Å². The number of nitrogens with zero attached hydrogens (tertiary/aromatic N) is 1.